The first kappa shape index (κ1) is 15.4. The van der Waals surface area contributed by atoms with Gasteiger partial charge < -0.3 is 10.1 Å². The molecule has 0 saturated heterocycles. The summed E-state index contributed by atoms with van der Waals surface area (Å²) in [4.78, 5) is 22.3. The van der Waals surface area contributed by atoms with Crippen molar-refractivity contribution in [1.82, 2.24) is 0 Å². The minimum Gasteiger partial charge on any atom is -0.478 e. The number of hydrogen-bond acceptors (Lipinski definition) is 4. The third kappa shape index (κ3) is 3.57. The first-order valence-electron chi connectivity index (χ1n) is 6.44. The van der Waals surface area contributed by atoms with E-state index in [2.05, 4.69) is 5.32 Å². The molecule has 1 amide bonds. The number of anilines is 1. The number of nitrogens with one attached hydrogen (secondary N) is 1. The SMILES string of the molecule is CC(Oc1ccccc1F)C(=O)Nc1ccccc1[N+](=O)[O-]. The first-order valence-corrected chi connectivity index (χ1v) is 6.44. The van der Waals surface area contributed by atoms with Crippen molar-refractivity contribution in [2.75, 3.05) is 5.32 Å². The second-order valence-corrected chi connectivity index (χ2v) is 4.45. The molecule has 2 aromatic carbocycles. The summed E-state index contributed by atoms with van der Waals surface area (Å²) in [5, 5.41) is 13.3. The van der Waals surface area contributed by atoms with E-state index < -0.39 is 22.8 Å². The second kappa shape index (κ2) is 6.66. The highest BCUT2D eigenvalue weighted by Crippen LogP contribution is 2.24. The van der Waals surface area contributed by atoms with Gasteiger partial charge in [-0.2, -0.15) is 0 Å². The molecule has 0 aliphatic rings. The monoisotopic (exact) mass is 304 g/mol. The molecule has 0 fully saturated rings. The molecule has 2 aromatic rings. The van der Waals surface area contributed by atoms with E-state index in [1.807, 2.05) is 0 Å². The van der Waals surface area contributed by atoms with Crippen molar-refractivity contribution in [3.8, 4) is 5.75 Å². The molecule has 0 spiro atoms. The van der Waals surface area contributed by atoms with Gasteiger partial charge in [0, 0.05) is 6.07 Å². The van der Waals surface area contributed by atoms with Gasteiger partial charge in [-0.3, -0.25) is 14.9 Å². The fourth-order valence-electron chi connectivity index (χ4n) is 1.76. The molecular formula is C15H13FN2O4. The molecule has 114 valence electrons. The quantitative estimate of drug-likeness (QED) is 0.679. The molecule has 0 aromatic heterocycles. The van der Waals surface area contributed by atoms with Gasteiger partial charge in [0.2, 0.25) is 0 Å². The number of halogens is 1. The highest BCUT2D eigenvalue weighted by atomic mass is 19.1. The van der Waals surface area contributed by atoms with Crippen LogP contribution in [0.25, 0.3) is 0 Å². The summed E-state index contributed by atoms with van der Waals surface area (Å²) >= 11 is 0. The van der Waals surface area contributed by atoms with Gasteiger partial charge >= 0.3 is 0 Å². The molecule has 0 aliphatic heterocycles. The Morgan fingerprint density at radius 2 is 1.86 bits per heavy atom. The number of carbonyl (C=O) groups excluding carboxylic acids is 1. The van der Waals surface area contributed by atoms with Crippen LogP contribution in [-0.2, 0) is 4.79 Å². The summed E-state index contributed by atoms with van der Waals surface area (Å²) in [6, 6.07) is 11.4. The molecule has 0 heterocycles. The Labute approximate surface area is 125 Å². The summed E-state index contributed by atoms with van der Waals surface area (Å²) < 4.78 is 18.7. The number of hydrogen-bond donors (Lipinski definition) is 1. The van der Waals surface area contributed by atoms with Gasteiger partial charge in [-0.15, -0.1) is 0 Å². The maximum atomic E-state index is 13.5. The average Bonchev–Trinajstić information content (AvgIpc) is 2.49. The van der Waals surface area contributed by atoms with Gasteiger partial charge in [0.25, 0.3) is 11.6 Å². The lowest BCUT2D eigenvalue weighted by atomic mass is 10.2. The molecule has 6 nitrogen and oxygen atoms in total. The van der Waals surface area contributed by atoms with E-state index in [-0.39, 0.29) is 17.1 Å². The van der Waals surface area contributed by atoms with E-state index in [4.69, 9.17) is 4.74 Å². The van der Waals surface area contributed by atoms with Crippen LogP contribution in [0.15, 0.2) is 48.5 Å². The number of nitro benzene ring substituents is 1. The molecule has 1 atom stereocenters. The zero-order valence-electron chi connectivity index (χ0n) is 11.7. The van der Waals surface area contributed by atoms with Crippen LogP contribution in [0.1, 0.15) is 6.92 Å². The molecule has 1 unspecified atom stereocenters. The number of nitrogens with zero attached hydrogens (tertiary/aromatic N) is 1. The van der Waals surface area contributed by atoms with Crippen LogP contribution in [0, 0.1) is 15.9 Å². The Balaban J connectivity index is 2.09. The van der Waals surface area contributed by atoms with E-state index in [0.717, 1.165) is 0 Å². The third-order valence-electron chi connectivity index (χ3n) is 2.87. The van der Waals surface area contributed by atoms with Crippen LogP contribution in [0.5, 0.6) is 5.75 Å². The zero-order valence-corrected chi connectivity index (χ0v) is 11.7. The number of carbonyl (C=O) groups is 1. The molecule has 7 heteroatoms. The lowest BCUT2D eigenvalue weighted by molar-refractivity contribution is -0.383. The van der Waals surface area contributed by atoms with Gasteiger partial charge in [0.05, 0.1) is 4.92 Å². The number of amides is 1. The summed E-state index contributed by atoms with van der Waals surface area (Å²) in [6.07, 6.45) is -1.02. The van der Waals surface area contributed by atoms with Crippen molar-refractivity contribution in [1.29, 1.82) is 0 Å². The zero-order chi connectivity index (χ0) is 16.1. The van der Waals surface area contributed by atoms with Crippen LogP contribution < -0.4 is 10.1 Å². The lowest BCUT2D eigenvalue weighted by Crippen LogP contribution is -2.30. The van der Waals surface area contributed by atoms with E-state index in [9.17, 15) is 19.3 Å². The highest BCUT2D eigenvalue weighted by molar-refractivity contribution is 5.96. The Hall–Kier alpha value is -2.96. The van der Waals surface area contributed by atoms with Gasteiger partial charge in [0.1, 0.15) is 5.69 Å². The van der Waals surface area contributed by atoms with E-state index in [0.29, 0.717) is 0 Å². The topological polar surface area (TPSA) is 81.5 Å². The molecule has 2 rings (SSSR count). The van der Waals surface area contributed by atoms with Crippen molar-refractivity contribution in [3.63, 3.8) is 0 Å². The molecule has 0 saturated carbocycles. The maximum Gasteiger partial charge on any atom is 0.292 e. The summed E-state index contributed by atoms with van der Waals surface area (Å²) in [5.74, 6) is -1.27. The van der Waals surface area contributed by atoms with Gasteiger partial charge in [-0.1, -0.05) is 24.3 Å². The number of nitro groups is 1. The number of rotatable bonds is 5. The molecule has 1 N–H and O–H groups in total. The Morgan fingerprint density at radius 3 is 2.55 bits per heavy atom. The van der Waals surface area contributed by atoms with Crippen molar-refractivity contribution < 1.29 is 18.8 Å². The summed E-state index contributed by atoms with van der Waals surface area (Å²) in [5.41, 5.74) is -0.171. The molecular weight excluding hydrogens is 291 g/mol. The smallest absolute Gasteiger partial charge is 0.292 e. The second-order valence-electron chi connectivity index (χ2n) is 4.45. The summed E-state index contributed by atoms with van der Waals surface area (Å²) in [7, 11) is 0. The predicted molar refractivity (Wildman–Crippen MR) is 78.2 cm³/mol. The standard InChI is InChI=1S/C15H13FN2O4/c1-10(22-14-9-5-2-6-11(14)16)15(19)17-12-7-3-4-8-13(12)18(20)21/h2-10H,1H3,(H,17,19). The molecule has 0 bridgehead atoms. The van der Waals surface area contributed by atoms with E-state index in [1.54, 1.807) is 12.1 Å². The largest absolute Gasteiger partial charge is 0.478 e. The number of benzene rings is 2. The van der Waals surface area contributed by atoms with Crippen LogP contribution in [-0.4, -0.2) is 16.9 Å². The van der Waals surface area contributed by atoms with E-state index >= 15 is 0 Å². The van der Waals surface area contributed by atoms with E-state index in [1.165, 1.54) is 43.3 Å². The van der Waals surface area contributed by atoms with Gasteiger partial charge in [-0.05, 0) is 25.1 Å². The fraction of sp³-hybridized carbons (Fsp3) is 0.133. The van der Waals surface area contributed by atoms with Gasteiger partial charge in [0.15, 0.2) is 17.7 Å². The van der Waals surface area contributed by atoms with Crippen molar-refractivity contribution in [2.45, 2.75) is 13.0 Å². The summed E-state index contributed by atoms with van der Waals surface area (Å²) in [6.45, 7) is 1.43. The van der Waals surface area contributed by atoms with Crippen molar-refractivity contribution in [2.24, 2.45) is 0 Å². The third-order valence-corrected chi connectivity index (χ3v) is 2.87. The Kier molecular flexibility index (Phi) is 4.67. The van der Waals surface area contributed by atoms with Crippen LogP contribution in [0.3, 0.4) is 0 Å². The molecule has 0 aliphatic carbocycles. The minimum absolute atomic E-state index is 0.0569. The average molecular weight is 304 g/mol. The minimum atomic E-state index is -1.02. The first-order chi connectivity index (χ1) is 10.5. The van der Waals surface area contributed by atoms with Gasteiger partial charge in [-0.25, -0.2) is 4.39 Å². The van der Waals surface area contributed by atoms with Crippen LogP contribution in [0.4, 0.5) is 15.8 Å². The normalized spacial score (nSPS) is 11.5. The lowest BCUT2D eigenvalue weighted by Gasteiger charge is -2.15. The number of para-hydroxylation sites is 3. The van der Waals surface area contributed by atoms with Crippen molar-refractivity contribution >= 4 is 17.3 Å². The highest BCUT2D eigenvalue weighted by Gasteiger charge is 2.20. The number of ether oxygens (including phenoxy) is 1. The maximum absolute atomic E-state index is 13.5. The molecule has 22 heavy (non-hydrogen) atoms. The fourth-order valence-corrected chi connectivity index (χ4v) is 1.76. The van der Waals surface area contributed by atoms with Crippen LogP contribution >= 0.6 is 0 Å². The Bertz CT molecular complexity index is 705. The van der Waals surface area contributed by atoms with Crippen LogP contribution in [0.2, 0.25) is 0 Å². The molecule has 0 radical (unpaired) electrons. The van der Waals surface area contributed by atoms with Crippen molar-refractivity contribution in [3.05, 3.63) is 64.5 Å². The predicted octanol–water partition coefficient (Wildman–Crippen LogP) is 3.14. The Morgan fingerprint density at radius 1 is 1.23 bits per heavy atom.